The Morgan fingerprint density at radius 2 is 1.68 bits per heavy atom. The Kier molecular flexibility index (Phi) is 9.00. The minimum Gasteiger partial charge on any atom is -0.481 e. The smallest absolute Gasteiger partial charge is 0.314 e. The lowest BCUT2D eigenvalue weighted by atomic mass is 9.90. The van der Waals surface area contributed by atoms with E-state index in [1.165, 1.54) is 0 Å². The monoisotopic (exact) mass is 272 g/mol. The third-order valence-corrected chi connectivity index (χ3v) is 3.29. The molecule has 0 unspecified atom stereocenters. The van der Waals surface area contributed by atoms with Crippen LogP contribution in [0.2, 0.25) is 0 Å². The highest BCUT2D eigenvalue weighted by atomic mass is 16.4. The zero-order valence-electron chi connectivity index (χ0n) is 12.4. The normalized spacial score (nSPS) is 11.1. The van der Waals surface area contributed by atoms with E-state index in [0.29, 0.717) is 19.5 Å². The number of amides is 2. The lowest BCUT2D eigenvalue weighted by molar-refractivity contribution is -0.137. The Morgan fingerprint density at radius 3 is 2.26 bits per heavy atom. The van der Waals surface area contributed by atoms with Crippen LogP contribution in [0.1, 0.15) is 59.3 Å². The Bertz CT molecular complexity index is 278. The summed E-state index contributed by atoms with van der Waals surface area (Å²) in [7, 11) is 0. The fourth-order valence-electron chi connectivity index (χ4n) is 1.46. The van der Waals surface area contributed by atoms with Crippen LogP contribution in [0.15, 0.2) is 0 Å². The molecule has 0 heterocycles. The molecule has 0 spiro atoms. The molecule has 0 bridgehead atoms. The van der Waals surface area contributed by atoms with Crippen LogP contribution >= 0.6 is 0 Å². The van der Waals surface area contributed by atoms with Crippen molar-refractivity contribution in [1.82, 2.24) is 10.6 Å². The molecule has 0 radical (unpaired) electrons. The first-order valence-electron chi connectivity index (χ1n) is 7.11. The lowest BCUT2D eigenvalue weighted by Crippen LogP contribution is -2.40. The second-order valence-electron chi connectivity index (χ2n) is 5.69. The molecule has 0 atom stereocenters. The lowest BCUT2D eigenvalue weighted by Gasteiger charge is -2.22. The Morgan fingerprint density at radius 1 is 1.05 bits per heavy atom. The highest BCUT2D eigenvalue weighted by Crippen LogP contribution is 2.17. The molecule has 0 rings (SSSR count). The van der Waals surface area contributed by atoms with Crippen LogP contribution in [0.5, 0.6) is 0 Å². The molecule has 3 N–H and O–H groups in total. The maximum absolute atomic E-state index is 11.5. The first-order valence-corrected chi connectivity index (χ1v) is 7.11. The summed E-state index contributed by atoms with van der Waals surface area (Å²) in [5.74, 6) is -0.740. The van der Waals surface area contributed by atoms with Crippen LogP contribution in [-0.4, -0.2) is 30.2 Å². The summed E-state index contributed by atoms with van der Waals surface area (Å²) in [6, 6.07) is -0.118. The largest absolute Gasteiger partial charge is 0.481 e. The van der Waals surface area contributed by atoms with Gasteiger partial charge in [-0.15, -0.1) is 0 Å². The van der Waals surface area contributed by atoms with Crippen LogP contribution in [0, 0.1) is 5.41 Å². The average molecular weight is 272 g/mol. The summed E-state index contributed by atoms with van der Waals surface area (Å²) in [6.45, 7) is 7.67. The number of carbonyl (C=O) groups is 2. The number of hydrogen-bond acceptors (Lipinski definition) is 2. The Balaban J connectivity index is 3.41. The van der Waals surface area contributed by atoms with Gasteiger partial charge in [0, 0.05) is 19.5 Å². The van der Waals surface area contributed by atoms with Gasteiger partial charge in [0.15, 0.2) is 0 Å². The first kappa shape index (κ1) is 17.7. The molecule has 0 aromatic rings. The van der Waals surface area contributed by atoms with E-state index in [4.69, 9.17) is 5.11 Å². The fraction of sp³-hybridized carbons (Fsp3) is 0.857. The maximum Gasteiger partial charge on any atom is 0.314 e. The summed E-state index contributed by atoms with van der Waals surface area (Å²) >= 11 is 0. The van der Waals surface area contributed by atoms with E-state index in [1.807, 2.05) is 0 Å². The van der Waals surface area contributed by atoms with Crippen molar-refractivity contribution in [3.8, 4) is 0 Å². The molecule has 0 saturated heterocycles. The zero-order chi connectivity index (χ0) is 14.7. The van der Waals surface area contributed by atoms with Crippen LogP contribution < -0.4 is 10.6 Å². The van der Waals surface area contributed by atoms with Crippen molar-refractivity contribution in [2.45, 2.75) is 59.3 Å². The molecule has 19 heavy (non-hydrogen) atoms. The molecule has 0 saturated carbocycles. The van der Waals surface area contributed by atoms with Crippen LogP contribution in [0.4, 0.5) is 4.79 Å². The molecule has 112 valence electrons. The molecule has 0 fully saturated rings. The van der Waals surface area contributed by atoms with Gasteiger partial charge in [-0.1, -0.05) is 33.6 Å². The van der Waals surface area contributed by atoms with Crippen LogP contribution in [0.3, 0.4) is 0 Å². The van der Waals surface area contributed by atoms with E-state index in [9.17, 15) is 9.59 Å². The molecule has 5 nitrogen and oxygen atoms in total. The zero-order valence-corrected chi connectivity index (χ0v) is 12.4. The summed E-state index contributed by atoms with van der Waals surface area (Å²) < 4.78 is 0. The average Bonchev–Trinajstić information content (AvgIpc) is 2.35. The van der Waals surface area contributed by atoms with Gasteiger partial charge >= 0.3 is 12.0 Å². The number of nitrogens with one attached hydrogen (secondary N) is 2. The summed E-state index contributed by atoms with van der Waals surface area (Å²) in [4.78, 5) is 21.8. The molecule has 0 aliphatic heterocycles. The highest BCUT2D eigenvalue weighted by Gasteiger charge is 2.15. The summed E-state index contributed by atoms with van der Waals surface area (Å²) in [5.41, 5.74) is 0.133. The van der Waals surface area contributed by atoms with Crippen molar-refractivity contribution >= 4 is 12.0 Å². The molecule has 0 aromatic carbocycles. The number of urea groups is 1. The van der Waals surface area contributed by atoms with E-state index in [-0.39, 0.29) is 17.9 Å². The summed E-state index contributed by atoms with van der Waals surface area (Å²) in [6.07, 6.45) is 4.72. The predicted molar refractivity (Wildman–Crippen MR) is 76.2 cm³/mol. The van der Waals surface area contributed by atoms with E-state index in [1.54, 1.807) is 0 Å². The summed E-state index contributed by atoms with van der Waals surface area (Å²) in [5, 5.41) is 14.1. The number of carboxylic acid groups (broad SMARTS) is 1. The minimum atomic E-state index is -0.740. The molecule has 0 aromatic heterocycles. The van der Waals surface area contributed by atoms with Crippen molar-refractivity contribution in [2.75, 3.05) is 13.1 Å². The predicted octanol–water partition coefficient (Wildman–Crippen LogP) is 2.76. The second-order valence-corrected chi connectivity index (χ2v) is 5.69. The van der Waals surface area contributed by atoms with Gasteiger partial charge in [-0.05, 0) is 24.7 Å². The maximum atomic E-state index is 11.5. The van der Waals surface area contributed by atoms with E-state index >= 15 is 0 Å². The van der Waals surface area contributed by atoms with E-state index in [0.717, 1.165) is 25.7 Å². The number of hydrogen-bond donors (Lipinski definition) is 3. The van der Waals surface area contributed by atoms with Gasteiger partial charge in [0.25, 0.3) is 0 Å². The van der Waals surface area contributed by atoms with E-state index < -0.39 is 5.97 Å². The van der Waals surface area contributed by atoms with Crippen molar-refractivity contribution in [3.63, 3.8) is 0 Å². The third kappa shape index (κ3) is 11.6. The fourth-order valence-corrected chi connectivity index (χ4v) is 1.46. The van der Waals surface area contributed by atoms with Gasteiger partial charge in [-0.25, -0.2) is 4.79 Å². The molecule has 5 heteroatoms. The minimum absolute atomic E-state index is 0.118. The Hall–Kier alpha value is -1.26. The SMILES string of the molecule is CCC(C)(C)CNC(=O)NCCCCCCC(=O)O. The van der Waals surface area contributed by atoms with Gasteiger partial charge < -0.3 is 15.7 Å². The molecule has 0 aliphatic carbocycles. The van der Waals surface area contributed by atoms with Crippen molar-refractivity contribution in [3.05, 3.63) is 0 Å². The van der Waals surface area contributed by atoms with Crippen molar-refractivity contribution in [2.24, 2.45) is 5.41 Å². The molecular weight excluding hydrogens is 244 g/mol. The van der Waals surface area contributed by atoms with Gasteiger partial charge in [-0.2, -0.15) is 0 Å². The molecule has 2 amide bonds. The van der Waals surface area contributed by atoms with Crippen LogP contribution in [-0.2, 0) is 4.79 Å². The second kappa shape index (κ2) is 9.64. The molecular formula is C14H28N2O3. The Labute approximate surface area is 116 Å². The number of carbonyl (C=O) groups excluding carboxylic acids is 1. The highest BCUT2D eigenvalue weighted by molar-refractivity contribution is 5.73. The van der Waals surface area contributed by atoms with Gasteiger partial charge in [0.1, 0.15) is 0 Å². The number of rotatable bonds is 10. The molecule has 0 aliphatic rings. The van der Waals surface area contributed by atoms with Crippen molar-refractivity contribution < 1.29 is 14.7 Å². The van der Waals surface area contributed by atoms with E-state index in [2.05, 4.69) is 31.4 Å². The van der Waals surface area contributed by atoms with Crippen molar-refractivity contribution in [1.29, 1.82) is 0 Å². The standard InChI is InChI=1S/C14H28N2O3/c1-4-14(2,3)11-16-13(19)15-10-8-6-5-7-9-12(17)18/h4-11H2,1-3H3,(H,17,18)(H2,15,16,19). The number of unbranched alkanes of at least 4 members (excludes halogenated alkanes) is 3. The topological polar surface area (TPSA) is 78.4 Å². The third-order valence-electron chi connectivity index (χ3n) is 3.29. The number of carboxylic acids is 1. The van der Waals surface area contributed by atoms with Gasteiger partial charge in [0.2, 0.25) is 0 Å². The van der Waals surface area contributed by atoms with Gasteiger partial charge in [0.05, 0.1) is 0 Å². The first-order chi connectivity index (χ1) is 8.87. The quantitative estimate of drug-likeness (QED) is 0.535. The van der Waals surface area contributed by atoms with Gasteiger partial charge in [-0.3, -0.25) is 4.79 Å². The van der Waals surface area contributed by atoms with Crippen LogP contribution in [0.25, 0.3) is 0 Å². The number of aliphatic carboxylic acids is 1.